The van der Waals surface area contributed by atoms with Gasteiger partial charge in [0.1, 0.15) is 0 Å². The van der Waals surface area contributed by atoms with Crippen LogP contribution in [0.2, 0.25) is 0 Å². The van der Waals surface area contributed by atoms with Gasteiger partial charge in [-0.3, -0.25) is 0 Å². The van der Waals surface area contributed by atoms with E-state index in [-0.39, 0.29) is 0 Å². The average molecular weight is 220 g/mol. The standard InChI is InChI=1S/C13H20N2O/c1-3-5-6-9-16-13-10-12(7-8-15-13)11-14-4-2/h3,7-8,10,14H,1,4-6,9,11H2,2H3. The minimum absolute atomic E-state index is 0.698. The van der Waals surface area contributed by atoms with Crippen LogP contribution in [-0.2, 0) is 6.54 Å². The topological polar surface area (TPSA) is 34.1 Å². The molecule has 0 saturated carbocycles. The summed E-state index contributed by atoms with van der Waals surface area (Å²) in [5, 5.41) is 3.27. The largest absolute Gasteiger partial charge is 0.478 e. The number of allylic oxidation sites excluding steroid dienone is 1. The summed E-state index contributed by atoms with van der Waals surface area (Å²) in [6.07, 6.45) is 5.66. The number of nitrogens with one attached hydrogen (secondary N) is 1. The molecule has 0 aliphatic carbocycles. The van der Waals surface area contributed by atoms with E-state index < -0.39 is 0 Å². The van der Waals surface area contributed by atoms with E-state index in [0.717, 1.165) is 25.9 Å². The van der Waals surface area contributed by atoms with Crippen LogP contribution in [0.5, 0.6) is 5.88 Å². The molecule has 0 amide bonds. The average Bonchev–Trinajstić information content (AvgIpc) is 2.33. The number of nitrogens with zero attached hydrogens (tertiary/aromatic N) is 1. The molecular weight excluding hydrogens is 200 g/mol. The Morgan fingerprint density at radius 1 is 1.56 bits per heavy atom. The molecule has 0 fully saturated rings. The summed E-state index contributed by atoms with van der Waals surface area (Å²) in [6.45, 7) is 8.30. The molecule has 1 aromatic rings. The molecule has 0 aromatic carbocycles. The second-order valence-corrected chi connectivity index (χ2v) is 3.56. The fourth-order valence-electron chi connectivity index (χ4n) is 1.31. The summed E-state index contributed by atoms with van der Waals surface area (Å²) >= 11 is 0. The predicted molar refractivity (Wildman–Crippen MR) is 66.5 cm³/mol. The summed E-state index contributed by atoms with van der Waals surface area (Å²) < 4.78 is 5.54. The molecule has 0 aliphatic heterocycles. The Hall–Kier alpha value is -1.35. The highest BCUT2D eigenvalue weighted by molar-refractivity contribution is 5.20. The number of unbranched alkanes of at least 4 members (excludes halogenated alkanes) is 1. The molecule has 0 radical (unpaired) electrons. The number of aromatic nitrogens is 1. The lowest BCUT2D eigenvalue weighted by Gasteiger charge is -2.06. The van der Waals surface area contributed by atoms with Crippen LogP contribution in [0.4, 0.5) is 0 Å². The van der Waals surface area contributed by atoms with Gasteiger partial charge in [0.25, 0.3) is 0 Å². The Labute approximate surface area is 97.5 Å². The van der Waals surface area contributed by atoms with Crippen LogP contribution in [0.15, 0.2) is 31.0 Å². The second kappa shape index (κ2) is 7.88. The van der Waals surface area contributed by atoms with Crippen molar-refractivity contribution in [2.75, 3.05) is 13.2 Å². The predicted octanol–water partition coefficient (Wildman–Crippen LogP) is 2.54. The van der Waals surface area contributed by atoms with Crippen molar-refractivity contribution in [2.45, 2.75) is 26.3 Å². The van der Waals surface area contributed by atoms with Crippen molar-refractivity contribution < 1.29 is 4.74 Å². The second-order valence-electron chi connectivity index (χ2n) is 3.56. The lowest BCUT2D eigenvalue weighted by molar-refractivity contribution is 0.300. The van der Waals surface area contributed by atoms with Gasteiger partial charge < -0.3 is 10.1 Å². The monoisotopic (exact) mass is 220 g/mol. The third kappa shape index (κ3) is 4.94. The van der Waals surface area contributed by atoms with Gasteiger partial charge in [-0.25, -0.2) is 4.98 Å². The molecule has 3 nitrogen and oxygen atoms in total. The zero-order valence-electron chi connectivity index (χ0n) is 9.91. The van der Waals surface area contributed by atoms with Gasteiger partial charge in [-0.15, -0.1) is 6.58 Å². The molecule has 1 N–H and O–H groups in total. The van der Waals surface area contributed by atoms with Gasteiger partial charge in [-0.05, 0) is 31.0 Å². The maximum absolute atomic E-state index is 5.54. The van der Waals surface area contributed by atoms with E-state index in [9.17, 15) is 0 Å². The Morgan fingerprint density at radius 3 is 3.19 bits per heavy atom. The Balaban J connectivity index is 2.37. The highest BCUT2D eigenvalue weighted by Gasteiger charge is 1.97. The van der Waals surface area contributed by atoms with E-state index in [1.54, 1.807) is 6.20 Å². The third-order valence-corrected chi connectivity index (χ3v) is 2.18. The number of ether oxygens (including phenoxy) is 1. The van der Waals surface area contributed by atoms with Gasteiger partial charge >= 0.3 is 0 Å². The molecular formula is C13H20N2O. The van der Waals surface area contributed by atoms with Gasteiger partial charge in [-0.1, -0.05) is 13.0 Å². The summed E-state index contributed by atoms with van der Waals surface area (Å²) in [6, 6.07) is 3.98. The maximum atomic E-state index is 5.54. The molecule has 1 heterocycles. The lowest BCUT2D eigenvalue weighted by atomic mass is 10.2. The van der Waals surface area contributed by atoms with E-state index in [4.69, 9.17) is 4.74 Å². The van der Waals surface area contributed by atoms with E-state index in [1.165, 1.54) is 5.56 Å². The highest BCUT2D eigenvalue weighted by atomic mass is 16.5. The Kier molecular flexibility index (Phi) is 6.26. The van der Waals surface area contributed by atoms with Gasteiger partial charge in [0.05, 0.1) is 6.61 Å². The van der Waals surface area contributed by atoms with Crippen LogP contribution in [0, 0.1) is 0 Å². The SMILES string of the molecule is C=CCCCOc1cc(CNCC)ccn1. The van der Waals surface area contributed by atoms with Crippen molar-refractivity contribution in [1.82, 2.24) is 10.3 Å². The normalized spacial score (nSPS) is 10.1. The smallest absolute Gasteiger partial charge is 0.213 e. The summed E-state index contributed by atoms with van der Waals surface area (Å²) in [4.78, 5) is 4.17. The summed E-state index contributed by atoms with van der Waals surface area (Å²) in [5.74, 6) is 0.708. The van der Waals surface area contributed by atoms with Crippen molar-refractivity contribution in [3.05, 3.63) is 36.5 Å². The van der Waals surface area contributed by atoms with Crippen LogP contribution in [0.3, 0.4) is 0 Å². The molecule has 16 heavy (non-hydrogen) atoms. The number of rotatable bonds is 8. The van der Waals surface area contributed by atoms with Crippen molar-refractivity contribution >= 4 is 0 Å². The summed E-state index contributed by atoms with van der Waals surface area (Å²) in [7, 11) is 0. The lowest BCUT2D eigenvalue weighted by Crippen LogP contribution is -2.11. The first-order valence-electron chi connectivity index (χ1n) is 5.76. The first-order chi connectivity index (χ1) is 7.86. The zero-order chi connectivity index (χ0) is 11.6. The van der Waals surface area contributed by atoms with E-state index in [2.05, 4.69) is 23.8 Å². The van der Waals surface area contributed by atoms with Crippen LogP contribution in [0.1, 0.15) is 25.3 Å². The maximum Gasteiger partial charge on any atom is 0.213 e. The van der Waals surface area contributed by atoms with Gasteiger partial charge in [0.15, 0.2) is 0 Å². The Bertz CT molecular complexity index is 313. The van der Waals surface area contributed by atoms with Gasteiger partial charge in [0, 0.05) is 18.8 Å². The fourth-order valence-corrected chi connectivity index (χ4v) is 1.31. The molecule has 0 spiro atoms. The summed E-state index contributed by atoms with van der Waals surface area (Å²) in [5.41, 5.74) is 1.20. The number of hydrogen-bond donors (Lipinski definition) is 1. The van der Waals surface area contributed by atoms with E-state index in [0.29, 0.717) is 12.5 Å². The first kappa shape index (κ1) is 12.7. The minimum Gasteiger partial charge on any atom is -0.478 e. The van der Waals surface area contributed by atoms with Crippen LogP contribution in [0.25, 0.3) is 0 Å². The van der Waals surface area contributed by atoms with Gasteiger partial charge in [-0.2, -0.15) is 0 Å². The Morgan fingerprint density at radius 2 is 2.44 bits per heavy atom. The van der Waals surface area contributed by atoms with Crippen molar-refractivity contribution in [3.63, 3.8) is 0 Å². The zero-order valence-corrected chi connectivity index (χ0v) is 9.91. The first-order valence-corrected chi connectivity index (χ1v) is 5.76. The minimum atomic E-state index is 0.698. The van der Waals surface area contributed by atoms with E-state index in [1.807, 2.05) is 18.2 Å². The fraction of sp³-hybridized carbons (Fsp3) is 0.462. The van der Waals surface area contributed by atoms with Crippen LogP contribution >= 0.6 is 0 Å². The number of hydrogen-bond acceptors (Lipinski definition) is 3. The molecule has 88 valence electrons. The quantitative estimate of drug-likeness (QED) is 0.540. The van der Waals surface area contributed by atoms with Gasteiger partial charge in [0.2, 0.25) is 5.88 Å². The molecule has 3 heteroatoms. The van der Waals surface area contributed by atoms with Crippen molar-refractivity contribution in [2.24, 2.45) is 0 Å². The highest BCUT2D eigenvalue weighted by Crippen LogP contribution is 2.09. The molecule has 1 rings (SSSR count). The molecule has 1 aromatic heterocycles. The van der Waals surface area contributed by atoms with E-state index >= 15 is 0 Å². The molecule has 0 unspecified atom stereocenters. The van der Waals surface area contributed by atoms with Crippen LogP contribution in [-0.4, -0.2) is 18.1 Å². The number of pyridine rings is 1. The van der Waals surface area contributed by atoms with Crippen LogP contribution < -0.4 is 10.1 Å². The molecule has 0 saturated heterocycles. The molecule has 0 aliphatic rings. The van der Waals surface area contributed by atoms with Crippen molar-refractivity contribution in [1.29, 1.82) is 0 Å². The molecule has 0 bridgehead atoms. The third-order valence-electron chi connectivity index (χ3n) is 2.18. The van der Waals surface area contributed by atoms with Crippen molar-refractivity contribution in [3.8, 4) is 5.88 Å². The molecule has 0 atom stereocenters.